The topological polar surface area (TPSA) is 81.0 Å². The second-order valence-corrected chi connectivity index (χ2v) is 11.4. The molecule has 0 bridgehead atoms. The van der Waals surface area contributed by atoms with Gasteiger partial charge in [0.15, 0.2) is 0 Å². The number of carbonyl (C=O) groups excluding carboxylic acids is 2. The van der Waals surface area contributed by atoms with Crippen LogP contribution in [0.4, 0.5) is 9.18 Å². The van der Waals surface area contributed by atoms with E-state index in [-0.39, 0.29) is 30.5 Å². The largest absolute Gasteiger partial charge is 0.489 e. The highest BCUT2D eigenvalue weighted by Crippen LogP contribution is 2.34. The van der Waals surface area contributed by atoms with Gasteiger partial charge in [0, 0.05) is 30.1 Å². The average molecular weight is 537 g/mol. The van der Waals surface area contributed by atoms with Gasteiger partial charge in [0.1, 0.15) is 35.1 Å². The first-order chi connectivity index (χ1) is 18.7. The van der Waals surface area contributed by atoms with E-state index >= 15 is 0 Å². The molecular formula is C31H37FN2O5. The molecule has 1 aromatic heterocycles. The van der Waals surface area contributed by atoms with E-state index in [1.807, 2.05) is 13.8 Å². The molecule has 0 spiro atoms. The fraction of sp³-hybridized carbons (Fsp3) is 0.484. The van der Waals surface area contributed by atoms with Gasteiger partial charge in [-0.2, -0.15) is 0 Å². The minimum atomic E-state index is -0.507. The molecule has 208 valence electrons. The highest BCUT2D eigenvalue weighted by Gasteiger charge is 2.33. The molecule has 8 heteroatoms. The second-order valence-electron chi connectivity index (χ2n) is 11.4. The lowest BCUT2D eigenvalue weighted by molar-refractivity contribution is 0.00593. The van der Waals surface area contributed by atoms with Gasteiger partial charge in [-0.1, -0.05) is 37.5 Å². The van der Waals surface area contributed by atoms with Gasteiger partial charge in [-0.3, -0.25) is 4.79 Å². The molecule has 1 aliphatic carbocycles. The summed E-state index contributed by atoms with van der Waals surface area (Å²) in [6.07, 6.45) is 6.14. The molecule has 0 unspecified atom stereocenters. The second kappa shape index (κ2) is 11.3. The molecule has 39 heavy (non-hydrogen) atoms. The molecule has 3 aromatic rings. The van der Waals surface area contributed by atoms with Crippen molar-refractivity contribution in [3.63, 3.8) is 0 Å². The number of amides is 2. The van der Waals surface area contributed by atoms with E-state index in [2.05, 4.69) is 5.32 Å². The van der Waals surface area contributed by atoms with Gasteiger partial charge in [-0.25, -0.2) is 9.18 Å². The Morgan fingerprint density at radius 3 is 2.69 bits per heavy atom. The number of likely N-dealkylation sites (tertiary alicyclic amines) is 1. The summed E-state index contributed by atoms with van der Waals surface area (Å²) in [4.78, 5) is 27.8. The van der Waals surface area contributed by atoms with E-state index < -0.39 is 5.60 Å². The van der Waals surface area contributed by atoms with E-state index in [9.17, 15) is 14.0 Å². The lowest BCUT2D eigenvalue weighted by atomic mass is 9.80. The summed E-state index contributed by atoms with van der Waals surface area (Å²) in [5, 5.41) is 3.69. The number of nitrogens with zero attached hydrogens (tertiary/aromatic N) is 1. The number of hydrogen-bond acceptors (Lipinski definition) is 5. The SMILES string of the molecule is Cc1oc2ccc(OCc3ccccc3F)cc2c1C(=O)N[C@H]1CCN(C(=O)OC(C)(C)CCC2CCC2)C1. The van der Waals surface area contributed by atoms with Gasteiger partial charge in [-0.15, -0.1) is 0 Å². The van der Waals surface area contributed by atoms with E-state index in [4.69, 9.17) is 13.9 Å². The Hall–Kier alpha value is -3.55. The molecule has 2 heterocycles. The quantitative estimate of drug-likeness (QED) is 0.327. The highest BCUT2D eigenvalue weighted by atomic mass is 19.1. The van der Waals surface area contributed by atoms with Crippen molar-refractivity contribution in [1.29, 1.82) is 0 Å². The summed E-state index contributed by atoms with van der Waals surface area (Å²) in [6, 6.07) is 11.5. The normalized spacial score (nSPS) is 17.7. The third-order valence-electron chi connectivity index (χ3n) is 7.94. The van der Waals surface area contributed by atoms with Crippen molar-refractivity contribution in [2.75, 3.05) is 13.1 Å². The zero-order chi connectivity index (χ0) is 27.6. The van der Waals surface area contributed by atoms with Crippen LogP contribution in [0.25, 0.3) is 11.0 Å². The molecule has 0 radical (unpaired) electrons. The predicted molar refractivity (Wildman–Crippen MR) is 146 cm³/mol. The van der Waals surface area contributed by atoms with Gasteiger partial charge < -0.3 is 24.1 Å². The minimum Gasteiger partial charge on any atom is -0.489 e. The maximum atomic E-state index is 14.0. The maximum absolute atomic E-state index is 14.0. The summed E-state index contributed by atoms with van der Waals surface area (Å²) in [7, 11) is 0. The molecule has 2 aromatic carbocycles. The zero-order valence-electron chi connectivity index (χ0n) is 22.9. The summed E-state index contributed by atoms with van der Waals surface area (Å²) in [5.74, 6) is 1.18. The molecule has 1 aliphatic heterocycles. The van der Waals surface area contributed by atoms with E-state index in [1.54, 1.807) is 48.2 Å². The first kappa shape index (κ1) is 27.0. The number of benzene rings is 2. The van der Waals surface area contributed by atoms with Crippen LogP contribution >= 0.6 is 0 Å². The van der Waals surface area contributed by atoms with Gasteiger partial charge in [0.25, 0.3) is 5.91 Å². The molecule has 7 nitrogen and oxygen atoms in total. The summed E-state index contributed by atoms with van der Waals surface area (Å²) >= 11 is 0. The first-order valence-electron chi connectivity index (χ1n) is 13.9. The number of nitrogens with one attached hydrogen (secondary N) is 1. The minimum absolute atomic E-state index is 0.0714. The molecule has 1 N–H and O–H groups in total. The number of hydrogen-bond donors (Lipinski definition) is 1. The van der Waals surface area contributed by atoms with Crippen molar-refractivity contribution in [2.45, 2.75) is 77.5 Å². The van der Waals surface area contributed by atoms with Crippen molar-refractivity contribution in [1.82, 2.24) is 10.2 Å². The molecule has 1 saturated heterocycles. The monoisotopic (exact) mass is 536 g/mol. The van der Waals surface area contributed by atoms with Crippen LogP contribution in [-0.4, -0.2) is 41.6 Å². The number of ether oxygens (including phenoxy) is 2. The Kier molecular flexibility index (Phi) is 7.82. The van der Waals surface area contributed by atoms with Crippen molar-refractivity contribution in [3.8, 4) is 5.75 Å². The van der Waals surface area contributed by atoms with Crippen LogP contribution in [0.1, 0.15) is 74.1 Å². The first-order valence-corrected chi connectivity index (χ1v) is 13.9. The third kappa shape index (κ3) is 6.37. The highest BCUT2D eigenvalue weighted by molar-refractivity contribution is 6.07. The Bertz CT molecular complexity index is 1350. The van der Waals surface area contributed by atoms with Crippen molar-refractivity contribution < 1.29 is 27.9 Å². The average Bonchev–Trinajstić information content (AvgIpc) is 3.45. The number of aryl methyl sites for hydroxylation is 1. The zero-order valence-corrected chi connectivity index (χ0v) is 22.9. The van der Waals surface area contributed by atoms with Crippen LogP contribution < -0.4 is 10.1 Å². The Labute approximate surface area is 228 Å². The number of rotatable bonds is 9. The van der Waals surface area contributed by atoms with Gasteiger partial charge in [-0.05, 0) is 70.2 Å². The lowest BCUT2D eigenvalue weighted by Crippen LogP contribution is -2.41. The smallest absolute Gasteiger partial charge is 0.410 e. The fourth-order valence-corrected chi connectivity index (χ4v) is 5.33. The predicted octanol–water partition coefficient (Wildman–Crippen LogP) is 6.76. The van der Waals surface area contributed by atoms with Crippen LogP contribution in [0.3, 0.4) is 0 Å². The molecular weight excluding hydrogens is 499 g/mol. The summed E-state index contributed by atoms with van der Waals surface area (Å²) in [5.41, 5.74) is 0.938. The number of furan rings is 1. The third-order valence-corrected chi connectivity index (χ3v) is 7.94. The van der Waals surface area contributed by atoms with E-state index in [0.29, 0.717) is 53.1 Å². The molecule has 2 amide bonds. The molecule has 1 saturated carbocycles. The van der Waals surface area contributed by atoms with E-state index in [0.717, 1.165) is 18.8 Å². The van der Waals surface area contributed by atoms with Crippen LogP contribution in [-0.2, 0) is 11.3 Å². The Balaban J connectivity index is 1.19. The Morgan fingerprint density at radius 1 is 1.15 bits per heavy atom. The van der Waals surface area contributed by atoms with E-state index in [1.165, 1.54) is 25.3 Å². The summed E-state index contributed by atoms with van der Waals surface area (Å²) < 4.78 is 31.4. The fourth-order valence-electron chi connectivity index (χ4n) is 5.33. The van der Waals surface area contributed by atoms with Crippen LogP contribution in [0.2, 0.25) is 0 Å². The van der Waals surface area contributed by atoms with Crippen LogP contribution in [0.5, 0.6) is 5.75 Å². The van der Waals surface area contributed by atoms with Crippen LogP contribution in [0, 0.1) is 18.7 Å². The number of carbonyl (C=O) groups is 2. The number of halogens is 1. The van der Waals surface area contributed by atoms with Crippen molar-refractivity contribution in [2.24, 2.45) is 5.92 Å². The molecule has 5 rings (SSSR count). The van der Waals surface area contributed by atoms with Gasteiger partial charge in [0.05, 0.1) is 5.56 Å². The number of fused-ring (bicyclic) bond motifs is 1. The maximum Gasteiger partial charge on any atom is 0.410 e. The van der Waals surface area contributed by atoms with Gasteiger partial charge >= 0.3 is 6.09 Å². The summed E-state index contributed by atoms with van der Waals surface area (Å²) in [6.45, 7) is 6.69. The lowest BCUT2D eigenvalue weighted by Gasteiger charge is -2.32. The van der Waals surface area contributed by atoms with Gasteiger partial charge in [0.2, 0.25) is 0 Å². The Morgan fingerprint density at radius 2 is 1.95 bits per heavy atom. The van der Waals surface area contributed by atoms with Crippen molar-refractivity contribution in [3.05, 3.63) is 65.2 Å². The molecule has 2 aliphatic rings. The van der Waals surface area contributed by atoms with Crippen molar-refractivity contribution >= 4 is 23.0 Å². The molecule has 1 atom stereocenters. The standard InChI is InChI=1S/C31H37FN2O5/c1-20-28(25-17-24(11-12-27(25)38-20)37-19-22-9-4-5-10-26(22)32)29(35)33-23-14-16-34(18-23)30(36)39-31(2,3)15-13-21-7-6-8-21/h4-5,9-12,17,21,23H,6-8,13-16,18-19H2,1-3H3,(H,33,35)/t23-/m0/s1. The molecule has 2 fully saturated rings. The van der Waals surface area contributed by atoms with Crippen LogP contribution in [0.15, 0.2) is 46.9 Å².